The Morgan fingerprint density at radius 1 is 1.08 bits per heavy atom. The van der Waals surface area contributed by atoms with Crippen LogP contribution in [0.3, 0.4) is 0 Å². The molecular weight excluding hydrogens is 351 g/mol. The highest BCUT2D eigenvalue weighted by Crippen LogP contribution is 2.41. The molecule has 4 aromatic rings. The molecule has 0 fully saturated rings. The number of rotatable bonds is 3. The zero-order valence-electron chi connectivity index (χ0n) is 14.1. The van der Waals surface area contributed by atoms with Crippen molar-refractivity contribution in [2.45, 2.75) is 13.3 Å². The van der Waals surface area contributed by atoms with Gasteiger partial charge < -0.3 is 9.67 Å². The van der Waals surface area contributed by atoms with E-state index in [4.69, 9.17) is 11.6 Å². The fraction of sp³-hybridized carbons (Fsp3) is 0.0952. The summed E-state index contributed by atoms with van der Waals surface area (Å²) in [5.41, 5.74) is 3.70. The van der Waals surface area contributed by atoms with Crippen molar-refractivity contribution in [2.24, 2.45) is 0 Å². The first kappa shape index (κ1) is 16.6. The lowest BCUT2D eigenvalue weighted by molar-refractivity contribution is 0.472. The van der Waals surface area contributed by atoms with E-state index >= 15 is 0 Å². The van der Waals surface area contributed by atoms with Gasteiger partial charge in [0.25, 0.3) is 0 Å². The number of fused-ring (bicyclic) bond motifs is 1. The SMILES string of the molecule is CCc1nc(Cl)c2c(c(-c3ccccc3)cn2-c2ccc(F)cc2)c1O. The standard InChI is InChI=1S/C21H16ClFN2O/c1-2-17-20(26)18-16(13-6-4-3-5-7-13)12-25(19(18)21(22)24-17)15-10-8-14(23)9-11-15/h3-12,26H,2H2,1H3. The van der Waals surface area contributed by atoms with Crippen LogP contribution in [0, 0.1) is 5.82 Å². The van der Waals surface area contributed by atoms with E-state index in [1.807, 2.05) is 48.0 Å². The first-order valence-corrected chi connectivity index (χ1v) is 8.71. The summed E-state index contributed by atoms with van der Waals surface area (Å²) >= 11 is 6.48. The van der Waals surface area contributed by atoms with E-state index < -0.39 is 0 Å². The van der Waals surface area contributed by atoms with Crippen LogP contribution in [0.15, 0.2) is 60.8 Å². The van der Waals surface area contributed by atoms with E-state index in [1.54, 1.807) is 12.1 Å². The van der Waals surface area contributed by atoms with Crippen LogP contribution in [0.2, 0.25) is 5.15 Å². The van der Waals surface area contributed by atoms with Gasteiger partial charge in [0.2, 0.25) is 0 Å². The van der Waals surface area contributed by atoms with Crippen LogP contribution in [-0.4, -0.2) is 14.7 Å². The van der Waals surface area contributed by atoms with Crippen molar-refractivity contribution in [3.05, 3.63) is 77.5 Å². The molecule has 0 bridgehead atoms. The monoisotopic (exact) mass is 366 g/mol. The zero-order valence-corrected chi connectivity index (χ0v) is 14.8. The lowest BCUT2D eigenvalue weighted by Crippen LogP contribution is -1.96. The largest absolute Gasteiger partial charge is 0.505 e. The number of hydrogen-bond acceptors (Lipinski definition) is 2. The van der Waals surface area contributed by atoms with Gasteiger partial charge in [0.05, 0.1) is 16.6 Å². The first-order valence-electron chi connectivity index (χ1n) is 8.34. The number of halogens is 2. The lowest BCUT2D eigenvalue weighted by Gasteiger charge is -2.09. The predicted molar refractivity (Wildman–Crippen MR) is 103 cm³/mol. The van der Waals surface area contributed by atoms with Gasteiger partial charge in [0.1, 0.15) is 11.6 Å². The quantitative estimate of drug-likeness (QED) is 0.468. The molecule has 0 saturated carbocycles. The lowest BCUT2D eigenvalue weighted by atomic mass is 10.0. The zero-order chi connectivity index (χ0) is 18.3. The molecule has 0 aliphatic carbocycles. The van der Waals surface area contributed by atoms with Gasteiger partial charge in [-0.15, -0.1) is 0 Å². The van der Waals surface area contributed by atoms with Crippen molar-refractivity contribution in [3.63, 3.8) is 0 Å². The Hall–Kier alpha value is -2.85. The minimum absolute atomic E-state index is 0.131. The number of hydrogen-bond donors (Lipinski definition) is 1. The number of aromatic nitrogens is 2. The maximum Gasteiger partial charge on any atom is 0.154 e. The molecule has 0 spiro atoms. The van der Waals surface area contributed by atoms with Crippen molar-refractivity contribution in [2.75, 3.05) is 0 Å². The molecular formula is C21H16ClFN2O. The predicted octanol–water partition coefficient (Wildman–Crippen LogP) is 5.75. The fourth-order valence-corrected chi connectivity index (χ4v) is 3.49. The van der Waals surface area contributed by atoms with Gasteiger partial charge in [0.15, 0.2) is 5.15 Å². The first-order chi connectivity index (χ1) is 12.6. The Morgan fingerprint density at radius 3 is 2.42 bits per heavy atom. The van der Waals surface area contributed by atoms with Gasteiger partial charge >= 0.3 is 0 Å². The molecule has 26 heavy (non-hydrogen) atoms. The van der Waals surface area contributed by atoms with E-state index in [1.165, 1.54) is 12.1 Å². The van der Waals surface area contributed by atoms with Crippen LogP contribution >= 0.6 is 11.6 Å². The summed E-state index contributed by atoms with van der Waals surface area (Å²) in [7, 11) is 0. The smallest absolute Gasteiger partial charge is 0.154 e. The molecule has 3 nitrogen and oxygen atoms in total. The van der Waals surface area contributed by atoms with Crippen molar-refractivity contribution >= 4 is 22.5 Å². The average Bonchev–Trinajstić information content (AvgIpc) is 3.07. The van der Waals surface area contributed by atoms with Gasteiger partial charge in [-0.2, -0.15) is 0 Å². The van der Waals surface area contributed by atoms with Crippen LogP contribution < -0.4 is 0 Å². The minimum Gasteiger partial charge on any atom is -0.505 e. The summed E-state index contributed by atoms with van der Waals surface area (Å²) in [6, 6.07) is 15.9. The third kappa shape index (κ3) is 2.63. The molecule has 2 aromatic carbocycles. The summed E-state index contributed by atoms with van der Waals surface area (Å²) in [6.45, 7) is 1.92. The summed E-state index contributed by atoms with van der Waals surface area (Å²) in [5.74, 6) is -0.180. The highest BCUT2D eigenvalue weighted by atomic mass is 35.5. The van der Waals surface area contributed by atoms with Crippen molar-refractivity contribution in [1.82, 2.24) is 9.55 Å². The topological polar surface area (TPSA) is 38.0 Å². The molecule has 0 aliphatic rings. The average molecular weight is 367 g/mol. The number of pyridine rings is 1. The molecule has 0 atom stereocenters. The molecule has 130 valence electrons. The van der Waals surface area contributed by atoms with E-state index in [0.717, 1.165) is 16.8 Å². The summed E-state index contributed by atoms with van der Waals surface area (Å²) in [4.78, 5) is 4.35. The molecule has 5 heteroatoms. The third-order valence-electron chi connectivity index (χ3n) is 4.47. The van der Waals surface area contributed by atoms with E-state index in [0.29, 0.717) is 28.2 Å². The maximum absolute atomic E-state index is 13.3. The van der Waals surface area contributed by atoms with Crippen LogP contribution in [0.25, 0.3) is 27.7 Å². The number of aromatic hydroxyl groups is 1. The molecule has 0 unspecified atom stereocenters. The molecule has 4 rings (SSSR count). The molecule has 1 N–H and O–H groups in total. The van der Waals surface area contributed by atoms with Crippen LogP contribution in [-0.2, 0) is 6.42 Å². The molecule has 0 amide bonds. The van der Waals surface area contributed by atoms with E-state index in [-0.39, 0.29) is 11.6 Å². The third-order valence-corrected chi connectivity index (χ3v) is 4.73. The molecule has 0 saturated heterocycles. The second-order valence-corrected chi connectivity index (χ2v) is 6.39. The molecule has 2 aromatic heterocycles. The highest BCUT2D eigenvalue weighted by Gasteiger charge is 2.21. The normalized spacial score (nSPS) is 11.2. The molecule has 2 heterocycles. The summed E-state index contributed by atoms with van der Waals surface area (Å²) in [5, 5.41) is 11.8. The number of aryl methyl sites for hydroxylation is 1. The molecule has 0 aliphatic heterocycles. The Labute approximate surface area is 155 Å². The molecule has 0 radical (unpaired) electrons. The maximum atomic E-state index is 13.3. The number of nitrogens with zero attached hydrogens (tertiary/aromatic N) is 2. The van der Waals surface area contributed by atoms with Crippen LogP contribution in [0.1, 0.15) is 12.6 Å². The Balaban J connectivity index is 2.11. The summed E-state index contributed by atoms with van der Waals surface area (Å²) < 4.78 is 15.2. The van der Waals surface area contributed by atoms with E-state index in [2.05, 4.69) is 4.98 Å². The Kier molecular flexibility index (Phi) is 4.13. The Bertz CT molecular complexity index is 1090. The van der Waals surface area contributed by atoms with Gasteiger partial charge in [-0.05, 0) is 36.2 Å². The highest BCUT2D eigenvalue weighted by molar-refractivity contribution is 6.34. The van der Waals surface area contributed by atoms with Crippen molar-refractivity contribution in [1.29, 1.82) is 0 Å². The van der Waals surface area contributed by atoms with Crippen LogP contribution in [0.5, 0.6) is 5.75 Å². The van der Waals surface area contributed by atoms with Gasteiger partial charge in [-0.1, -0.05) is 48.9 Å². The number of benzene rings is 2. The summed E-state index contributed by atoms with van der Waals surface area (Å²) in [6.07, 6.45) is 2.47. The fourth-order valence-electron chi connectivity index (χ4n) is 3.21. The van der Waals surface area contributed by atoms with Gasteiger partial charge in [0, 0.05) is 17.4 Å². The Morgan fingerprint density at radius 2 is 1.77 bits per heavy atom. The van der Waals surface area contributed by atoms with Gasteiger partial charge in [-0.3, -0.25) is 0 Å². The van der Waals surface area contributed by atoms with E-state index in [9.17, 15) is 9.50 Å². The van der Waals surface area contributed by atoms with Crippen molar-refractivity contribution < 1.29 is 9.50 Å². The van der Waals surface area contributed by atoms with Gasteiger partial charge in [-0.25, -0.2) is 9.37 Å². The van der Waals surface area contributed by atoms with Crippen LogP contribution in [0.4, 0.5) is 4.39 Å². The second-order valence-electron chi connectivity index (χ2n) is 6.03. The van der Waals surface area contributed by atoms with Crippen molar-refractivity contribution in [3.8, 4) is 22.6 Å². The second kappa shape index (κ2) is 6.46. The minimum atomic E-state index is -0.311.